The van der Waals surface area contributed by atoms with Crippen molar-refractivity contribution in [2.45, 2.75) is 79.4 Å². The van der Waals surface area contributed by atoms with Crippen molar-refractivity contribution in [3.05, 3.63) is 70.8 Å². The number of carbonyl (C=O) groups is 4. The number of carboxylic acid groups (broad SMARTS) is 1. The van der Waals surface area contributed by atoms with Crippen LogP contribution >= 0.6 is 0 Å². The van der Waals surface area contributed by atoms with Gasteiger partial charge in [0.1, 0.15) is 11.2 Å². The summed E-state index contributed by atoms with van der Waals surface area (Å²) in [5, 5.41) is 16.2. The highest BCUT2D eigenvalue weighted by atomic mass is 16.6. The molecule has 0 aliphatic carbocycles. The molecule has 0 aliphatic rings. The van der Waals surface area contributed by atoms with Crippen molar-refractivity contribution in [2.24, 2.45) is 5.73 Å². The van der Waals surface area contributed by atoms with Crippen LogP contribution in [0.3, 0.4) is 0 Å². The van der Waals surface area contributed by atoms with Crippen LogP contribution in [0.4, 0.5) is 9.59 Å². The first kappa shape index (κ1) is 42.0. The van der Waals surface area contributed by atoms with E-state index in [9.17, 15) is 19.2 Å². The van der Waals surface area contributed by atoms with Gasteiger partial charge in [-0.2, -0.15) is 0 Å². The average molecular weight is 651 g/mol. The molecule has 0 unspecified atom stereocenters. The third-order valence-corrected chi connectivity index (χ3v) is 5.09. The van der Waals surface area contributed by atoms with Crippen LogP contribution in [0.15, 0.2) is 48.5 Å². The number of hydrogen-bond acceptors (Lipinski definition) is 7. The maximum absolute atomic E-state index is 11.6. The van der Waals surface area contributed by atoms with Crippen LogP contribution in [-0.2, 0) is 19.1 Å². The van der Waals surface area contributed by atoms with Crippen LogP contribution in [0.5, 0.6) is 0 Å². The second-order valence-electron chi connectivity index (χ2n) is 12.1. The predicted octanol–water partition coefficient (Wildman–Crippen LogP) is 4.67. The summed E-state index contributed by atoms with van der Waals surface area (Å²) in [5.74, 6) is 8.48. The average Bonchev–Trinajstić information content (AvgIpc) is 2.95. The molecule has 0 bridgehead atoms. The molecule has 2 aromatic carbocycles. The standard InChI is InChI=1S/C18H24N2O3.C10H8O2.C8H18N2O2/c1-14-6-8-15(9-7-14)10-11-16(21)19-12-5-13-20-17(22)23-18(2,3)4;1-8-2-4-9(5-3-8)6-7-10(11)12;1-8(2,3)12-7(11)10-6-4-5-9/h6-9H,5,12-13H2,1-4H3,(H,19,21)(H,20,22);2-5H,1H3,(H,11,12);4-6,9H2,1-3H3,(H,10,11). The number of carbonyl (C=O) groups excluding carboxylic acids is 3. The van der Waals surface area contributed by atoms with Gasteiger partial charge in [-0.15, -0.1) is 0 Å². The summed E-state index contributed by atoms with van der Waals surface area (Å²) in [6, 6.07) is 15.0. The summed E-state index contributed by atoms with van der Waals surface area (Å²) in [6.45, 7) is 16.9. The van der Waals surface area contributed by atoms with Crippen molar-refractivity contribution in [1.29, 1.82) is 0 Å². The molecule has 0 saturated heterocycles. The number of nitrogens with two attached hydrogens (primary N) is 1. The molecule has 0 fully saturated rings. The summed E-state index contributed by atoms with van der Waals surface area (Å²) in [7, 11) is 0. The maximum atomic E-state index is 11.6. The third kappa shape index (κ3) is 27.1. The molecule has 11 nitrogen and oxygen atoms in total. The molecule has 0 spiro atoms. The number of aliphatic carboxylic acids is 1. The summed E-state index contributed by atoms with van der Waals surface area (Å²) < 4.78 is 10.1. The molecule has 47 heavy (non-hydrogen) atoms. The van der Waals surface area contributed by atoms with E-state index in [4.69, 9.17) is 20.3 Å². The fraction of sp³-hybridized carbons (Fsp3) is 0.444. The first-order valence-corrected chi connectivity index (χ1v) is 15.2. The van der Waals surface area contributed by atoms with Crippen molar-refractivity contribution in [3.8, 4) is 23.7 Å². The second kappa shape index (κ2) is 22.5. The van der Waals surface area contributed by atoms with Gasteiger partial charge in [-0.25, -0.2) is 14.4 Å². The number of hydrogen-bond donors (Lipinski definition) is 5. The van der Waals surface area contributed by atoms with Gasteiger partial charge in [0, 0.05) is 42.6 Å². The van der Waals surface area contributed by atoms with E-state index in [0.717, 1.165) is 28.7 Å². The quantitative estimate of drug-likeness (QED) is 0.213. The molecule has 2 rings (SSSR count). The predicted molar refractivity (Wildman–Crippen MR) is 184 cm³/mol. The van der Waals surface area contributed by atoms with Crippen LogP contribution in [-0.4, -0.2) is 66.6 Å². The second-order valence-corrected chi connectivity index (χ2v) is 12.1. The zero-order valence-electron chi connectivity index (χ0n) is 28.8. The van der Waals surface area contributed by atoms with E-state index >= 15 is 0 Å². The van der Waals surface area contributed by atoms with Crippen LogP contribution in [0.2, 0.25) is 0 Å². The Kier molecular flexibility index (Phi) is 20.1. The number of benzene rings is 2. The monoisotopic (exact) mass is 650 g/mol. The van der Waals surface area contributed by atoms with Gasteiger partial charge in [-0.1, -0.05) is 47.2 Å². The third-order valence-electron chi connectivity index (χ3n) is 5.09. The first-order valence-electron chi connectivity index (χ1n) is 15.2. The fourth-order valence-corrected chi connectivity index (χ4v) is 2.97. The van der Waals surface area contributed by atoms with Gasteiger partial charge in [0.25, 0.3) is 5.91 Å². The Hall–Kier alpha value is -5.00. The SMILES string of the molecule is CC(C)(C)OC(=O)NCCCN.Cc1ccc(C#CC(=O)NCCCNC(=O)OC(C)(C)C)cc1.Cc1ccc(C#CC(=O)O)cc1. The maximum Gasteiger partial charge on any atom is 0.407 e. The van der Waals surface area contributed by atoms with Gasteiger partial charge in [-0.05, 0) is 99.0 Å². The molecule has 0 saturated carbocycles. The number of aryl methyl sites for hydroxylation is 2. The number of rotatable bonds is 7. The van der Waals surface area contributed by atoms with Crippen LogP contribution in [0.25, 0.3) is 0 Å². The summed E-state index contributed by atoms with van der Waals surface area (Å²) in [4.78, 5) is 44.0. The molecular weight excluding hydrogens is 600 g/mol. The first-order chi connectivity index (χ1) is 21.9. The van der Waals surface area contributed by atoms with E-state index in [1.807, 2.05) is 76.9 Å². The smallest absolute Gasteiger partial charge is 0.407 e. The van der Waals surface area contributed by atoms with Crippen molar-refractivity contribution in [1.82, 2.24) is 16.0 Å². The Morgan fingerprint density at radius 2 is 1.04 bits per heavy atom. The lowest BCUT2D eigenvalue weighted by atomic mass is 10.1. The highest BCUT2D eigenvalue weighted by Crippen LogP contribution is 2.07. The minimum Gasteiger partial charge on any atom is -0.472 e. The number of alkyl carbamates (subject to hydrolysis) is 2. The Balaban J connectivity index is 0.000000743. The van der Waals surface area contributed by atoms with E-state index in [-0.39, 0.29) is 12.0 Å². The molecule has 11 heteroatoms. The zero-order chi connectivity index (χ0) is 35.9. The Bertz CT molecular complexity index is 1380. The normalized spacial score (nSPS) is 9.98. The van der Waals surface area contributed by atoms with E-state index in [1.165, 1.54) is 0 Å². The summed E-state index contributed by atoms with van der Waals surface area (Å²) >= 11 is 0. The molecular formula is C36H50N4O7. The van der Waals surface area contributed by atoms with Crippen molar-refractivity contribution in [3.63, 3.8) is 0 Å². The van der Waals surface area contributed by atoms with Gasteiger partial charge in [0.15, 0.2) is 0 Å². The topological polar surface area (TPSA) is 169 Å². The van der Waals surface area contributed by atoms with Crippen molar-refractivity contribution in [2.75, 3.05) is 26.2 Å². The molecule has 3 amide bonds. The molecule has 0 aromatic heterocycles. The minimum atomic E-state index is -1.10. The molecule has 0 radical (unpaired) electrons. The highest BCUT2D eigenvalue weighted by Gasteiger charge is 2.16. The molecule has 0 aliphatic heterocycles. The van der Waals surface area contributed by atoms with Crippen LogP contribution < -0.4 is 21.7 Å². The molecule has 2 aromatic rings. The van der Waals surface area contributed by atoms with Crippen LogP contribution in [0.1, 0.15) is 76.6 Å². The van der Waals surface area contributed by atoms with Crippen molar-refractivity contribution < 1.29 is 33.8 Å². The van der Waals surface area contributed by atoms with Gasteiger partial charge >= 0.3 is 18.2 Å². The Morgan fingerprint density at radius 1 is 0.660 bits per heavy atom. The minimum absolute atomic E-state index is 0.331. The molecule has 0 heterocycles. The van der Waals surface area contributed by atoms with Crippen LogP contribution in [0, 0.1) is 37.5 Å². The Labute approximate surface area is 279 Å². The lowest BCUT2D eigenvalue weighted by Gasteiger charge is -2.19. The van der Waals surface area contributed by atoms with Gasteiger partial charge in [-0.3, -0.25) is 4.79 Å². The van der Waals surface area contributed by atoms with Gasteiger partial charge < -0.3 is 36.3 Å². The number of amides is 3. The highest BCUT2D eigenvalue weighted by molar-refractivity contribution is 5.94. The molecule has 0 atom stereocenters. The number of carboxylic acids is 1. The van der Waals surface area contributed by atoms with Crippen molar-refractivity contribution >= 4 is 24.1 Å². The molecule has 6 N–H and O–H groups in total. The van der Waals surface area contributed by atoms with Gasteiger partial charge in [0.05, 0.1) is 0 Å². The molecule has 256 valence electrons. The van der Waals surface area contributed by atoms with E-state index in [2.05, 4.69) is 33.7 Å². The van der Waals surface area contributed by atoms with E-state index < -0.39 is 23.3 Å². The van der Waals surface area contributed by atoms with E-state index in [1.54, 1.807) is 32.9 Å². The lowest BCUT2D eigenvalue weighted by molar-refractivity contribution is -0.130. The zero-order valence-corrected chi connectivity index (χ0v) is 28.8. The lowest BCUT2D eigenvalue weighted by Crippen LogP contribution is -2.34. The Morgan fingerprint density at radius 3 is 1.43 bits per heavy atom. The van der Waals surface area contributed by atoms with Gasteiger partial charge in [0.2, 0.25) is 0 Å². The number of nitrogens with one attached hydrogen (secondary N) is 3. The van der Waals surface area contributed by atoms with E-state index in [0.29, 0.717) is 32.6 Å². The number of ether oxygens (including phenoxy) is 2. The summed E-state index contributed by atoms with van der Waals surface area (Å²) in [6.07, 6.45) is 0.551. The largest absolute Gasteiger partial charge is 0.472 e. The fourth-order valence-electron chi connectivity index (χ4n) is 2.97. The summed E-state index contributed by atoms with van der Waals surface area (Å²) in [5.41, 5.74) is 8.13.